The van der Waals surface area contributed by atoms with Crippen LogP contribution in [0.25, 0.3) is 0 Å². The molecule has 7 nitrogen and oxygen atoms in total. The first-order valence-corrected chi connectivity index (χ1v) is 17.1. The zero-order valence-electron chi connectivity index (χ0n) is 12.2. The number of hydrogen-bond acceptors (Lipinski definition) is 5. The SMILES string of the molecule is [CH3][Sn]([CH3])([CH3])[CH]1CN(C2OC(CO)C(O)C2F)C(=O)NC1=O. The number of nitrogens with one attached hydrogen (secondary N) is 1. The maximum absolute atomic E-state index is 14.1. The van der Waals surface area contributed by atoms with Crippen LogP contribution < -0.4 is 5.32 Å². The van der Waals surface area contributed by atoms with E-state index in [0.717, 1.165) is 4.90 Å². The van der Waals surface area contributed by atoms with Crippen LogP contribution in [0.2, 0.25) is 18.8 Å². The normalized spacial score (nSPS) is 37.8. The van der Waals surface area contributed by atoms with Gasteiger partial charge in [-0.15, -0.1) is 0 Å². The first-order valence-electron chi connectivity index (χ1n) is 6.86. The van der Waals surface area contributed by atoms with Gasteiger partial charge in [0.25, 0.3) is 0 Å². The Morgan fingerprint density at radius 2 is 2.05 bits per heavy atom. The third kappa shape index (κ3) is 3.17. The van der Waals surface area contributed by atoms with Crippen LogP contribution in [0.3, 0.4) is 0 Å². The minimum absolute atomic E-state index is 0.0974. The Labute approximate surface area is 126 Å². The molecule has 3 N–H and O–H groups in total. The predicted octanol–water partition coefficient (Wildman–Crippen LogP) is -0.337. The first-order chi connectivity index (χ1) is 9.66. The van der Waals surface area contributed by atoms with Crippen molar-refractivity contribution in [3.63, 3.8) is 0 Å². The van der Waals surface area contributed by atoms with Crippen LogP contribution in [0, 0.1) is 0 Å². The number of nitrogens with zero attached hydrogens (tertiary/aromatic N) is 1. The quantitative estimate of drug-likeness (QED) is 0.553. The number of aliphatic hydroxyl groups excluding tert-OH is 2. The van der Waals surface area contributed by atoms with Gasteiger partial charge < -0.3 is 0 Å². The molecular weight excluding hydrogens is 390 g/mol. The number of urea groups is 1. The summed E-state index contributed by atoms with van der Waals surface area (Å²) in [6.45, 7) is -0.436. The van der Waals surface area contributed by atoms with E-state index in [9.17, 15) is 19.1 Å². The third-order valence-electron chi connectivity index (χ3n) is 4.01. The number of aliphatic hydroxyl groups is 2. The fourth-order valence-electron chi connectivity index (χ4n) is 2.62. The van der Waals surface area contributed by atoms with Crippen molar-refractivity contribution in [3.8, 4) is 0 Å². The standard InChI is InChI=1S/C9H12FN2O5.3CH3.Sn/c10-6-7(15)4(3-13)17-8(6)12-2-1-5(14)11-9(12)16;;;;/h1,4,6-8,13,15H,2-3H2,(H,11,14,16);3*1H3;. The van der Waals surface area contributed by atoms with E-state index >= 15 is 0 Å². The molecule has 2 saturated heterocycles. The fraction of sp³-hybridized carbons (Fsp3) is 0.833. The van der Waals surface area contributed by atoms with Gasteiger partial charge in [-0.1, -0.05) is 0 Å². The van der Waals surface area contributed by atoms with Crippen LogP contribution in [0.5, 0.6) is 0 Å². The average molecular weight is 411 g/mol. The van der Waals surface area contributed by atoms with E-state index in [1.807, 2.05) is 0 Å². The molecule has 0 bridgehead atoms. The summed E-state index contributed by atoms with van der Waals surface area (Å²) in [7, 11) is 0. The summed E-state index contributed by atoms with van der Waals surface area (Å²) in [5.74, 6) is -0.313. The van der Waals surface area contributed by atoms with Gasteiger partial charge in [0.05, 0.1) is 0 Å². The fourth-order valence-corrected chi connectivity index (χ4v) is 7.19. The summed E-state index contributed by atoms with van der Waals surface area (Å²) in [6, 6.07) is -0.717. The molecule has 0 saturated carbocycles. The van der Waals surface area contributed by atoms with E-state index in [-0.39, 0.29) is 16.4 Å². The summed E-state index contributed by atoms with van der Waals surface area (Å²) in [4.78, 5) is 31.2. The average Bonchev–Trinajstić information content (AvgIpc) is 2.65. The molecule has 2 fully saturated rings. The molecule has 3 amide bonds. The summed E-state index contributed by atoms with van der Waals surface area (Å²) in [6.07, 6.45) is -5.63. The molecule has 0 spiro atoms. The van der Waals surface area contributed by atoms with Crippen LogP contribution in [-0.4, -0.2) is 83.2 Å². The van der Waals surface area contributed by atoms with Gasteiger partial charge in [0.15, 0.2) is 0 Å². The van der Waals surface area contributed by atoms with E-state index in [4.69, 9.17) is 9.84 Å². The van der Waals surface area contributed by atoms with E-state index in [1.165, 1.54) is 0 Å². The van der Waals surface area contributed by atoms with Crippen molar-refractivity contribution in [2.45, 2.75) is 43.4 Å². The topological polar surface area (TPSA) is 99.1 Å². The van der Waals surface area contributed by atoms with Gasteiger partial charge in [-0.2, -0.15) is 0 Å². The van der Waals surface area contributed by atoms with Gasteiger partial charge in [-0.3, -0.25) is 0 Å². The van der Waals surface area contributed by atoms with Crippen molar-refractivity contribution >= 4 is 30.3 Å². The molecule has 2 aliphatic heterocycles. The van der Waals surface area contributed by atoms with E-state index < -0.39 is 55.6 Å². The minimum atomic E-state index is -2.66. The van der Waals surface area contributed by atoms with Crippen LogP contribution in [0.4, 0.5) is 9.18 Å². The maximum atomic E-state index is 14.1. The van der Waals surface area contributed by atoms with Crippen LogP contribution in [0.1, 0.15) is 0 Å². The third-order valence-corrected chi connectivity index (χ3v) is 11.2. The number of halogens is 1. The molecule has 0 aromatic carbocycles. The Kier molecular flexibility index (Phi) is 4.81. The Morgan fingerprint density at radius 3 is 2.52 bits per heavy atom. The van der Waals surface area contributed by atoms with E-state index in [1.54, 1.807) is 0 Å². The monoisotopic (exact) mass is 412 g/mol. The molecule has 9 heteroatoms. The van der Waals surface area contributed by atoms with Gasteiger partial charge in [0.1, 0.15) is 0 Å². The Balaban J connectivity index is 2.19. The molecule has 2 heterocycles. The van der Waals surface area contributed by atoms with Crippen LogP contribution in [0.15, 0.2) is 0 Å². The van der Waals surface area contributed by atoms with E-state index in [2.05, 4.69) is 20.1 Å². The van der Waals surface area contributed by atoms with Gasteiger partial charge in [-0.05, 0) is 0 Å². The molecule has 120 valence electrons. The summed E-state index contributed by atoms with van der Waals surface area (Å²) in [5, 5.41) is 20.9. The summed E-state index contributed by atoms with van der Waals surface area (Å²) in [5.41, 5.74) is 0. The number of carbonyl (C=O) groups is 2. The van der Waals surface area contributed by atoms with Gasteiger partial charge in [0, 0.05) is 0 Å². The van der Waals surface area contributed by atoms with Crippen LogP contribution in [-0.2, 0) is 9.53 Å². The molecule has 2 rings (SSSR count). The molecular formula is C12H21FN2O5Sn. The second kappa shape index (κ2) is 5.98. The number of imide groups is 1. The predicted molar refractivity (Wildman–Crippen MR) is 74.0 cm³/mol. The molecule has 0 aromatic rings. The summed E-state index contributed by atoms with van der Waals surface area (Å²) < 4.78 is 19.1. The van der Waals surface area contributed by atoms with Crippen molar-refractivity contribution in [1.82, 2.24) is 10.2 Å². The molecule has 0 aromatic heterocycles. The van der Waals surface area contributed by atoms with E-state index in [0.29, 0.717) is 0 Å². The second-order valence-electron chi connectivity index (χ2n) is 6.55. The summed E-state index contributed by atoms with van der Waals surface area (Å²) >= 11 is -2.66. The molecule has 0 radical (unpaired) electrons. The van der Waals surface area contributed by atoms with Crippen molar-refractivity contribution in [1.29, 1.82) is 0 Å². The number of amides is 3. The molecule has 5 atom stereocenters. The number of rotatable bonds is 3. The van der Waals surface area contributed by atoms with Gasteiger partial charge in [-0.25, -0.2) is 0 Å². The molecule has 21 heavy (non-hydrogen) atoms. The van der Waals surface area contributed by atoms with Crippen molar-refractivity contribution in [2.24, 2.45) is 0 Å². The van der Waals surface area contributed by atoms with Crippen LogP contribution >= 0.6 is 0 Å². The van der Waals surface area contributed by atoms with Crippen molar-refractivity contribution < 1.29 is 28.9 Å². The zero-order chi connectivity index (χ0) is 15.9. The van der Waals surface area contributed by atoms with Gasteiger partial charge in [0.2, 0.25) is 0 Å². The first kappa shape index (κ1) is 16.9. The number of alkyl halides is 1. The van der Waals surface area contributed by atoms with Gasteiger partial charge >= 0.3 is 126 Å². The Bertz CT molecular complexity index is 444. The molecule has 5 unspecified atom stereocenters. The van der Waals surface area contributed by atoms with Crippen molar-refractivity contribution in [2.75, 3.05) is 13.2 Å². The molecule has 0 aliphatic carbocycles. The number of ether oxygens (including phenoxy) is 1. The van der Waals surface area contributed by atoms with Crippen molar-refractivity contribution in [3.05, 3.63) is 0 Å². The second-order valence-corrected chi connectivity index (χ2v) is 22.0. The Morgan fingerprint density at radius 1 is 1.43 bits per heavy atom. The number of carbonyl (C=O) groups excluding carboxylic acids is 2. The zero-order valence-corrected chi connectivity index (χ0v) is 15.1. The molecule has 2 aliphatic rings. The number of hydrogen-bond donors (Lipinski definition) is 3. The Hall–Kier alpha value is -0.451.